The van der Waals surface area contributed by atoms with Crippen LogP contribution in [0.5, 0.6) is 0 Å². The van der Waals surface area contributed by atoms with Gasteiger partial charge in [-0.1, -0.05) is 12.2 Å². The van der Waals surface area contributed by atoms with Gasteiger partial charge in [0.2, 0.25) is 0 Å². The van der Waals surface area contributed by atoms with E-state index in [-0.39, 0.29) is 0 Å². The van der Waals surface area contributed by atoms with Crippen molar-refractivity contribution in [1.29, 1.82) is 0 Å². The van der Waals surface area contributed by atoms with Crippen LogP contribution in [0.4, 0.5) is 0 Å². The molecule has 0 aromatic rings. The maximum atomic E-state index is 2.56. The molecule has 3 fully saturated rings. The minimum Gasteiger partial charge on any atom is -0.161 e. The first-order chi connectivity index (χ1) is 5.95. The fraction of sp³-hybridized carbons (Fsp3) is 0.818. The maximum Gasteiger partial charge on any atom is -0.00301 e. The van der Waals surface area contributed by atoms with Crippen molar-refractivity contribution in [3.8, 4) is 0 Å². The zero-order valence-electron chi connectivity index (χ0n) is 7.15. The lowest BCUT2D eigenvalue weighted by atomic mass is 9.64. The Morgan fingerprint density at radius 2 is 1.42 bits per heavy atom. The molecule has 2 saturated carbocycles. The molecule has 1 heteroatoms. The highest BCUT2D eigenvalue weighted by Gasteiger charge is 2.59. The second kappa shape index (κ2) is 1.95. The lowest BCUT2D eigenvalue weighted by molar-refractivity contribution is 0.156. The summed E-state index contributed by atoms with van der Waals surface area (Å²) in [4.78, 5) is 0. The monoisotopic (exact) mass is 178 g/mol. The predicted octanol–water partition coefficient (Wildman–Crippen LogP) is 2.42. The molecule has 0 radical (unpaired) electrons. The third-order valence-electron chi connectivity index (χ3n) is 4.59. The van der Waals surface area contributed by atoms with Crippen molar-refractivity contribution < 1.29 is 0 Å². The maximum absolute atomic E-state index is 2.56. The van der Waals surface area contributed by atoms with Gasteiger partial charge in [-0.3, -0.25) is 0 Å². The molecule has 5 aliphatic rings. The van der Waals surface area contributed by atoms with E-state index in [0.717, 1.165) is 35.5 Å². The van der Waals surface area contributed by atoms with Gasteiger partial charge >= 0.3 is 0 Å². The van der Waals surface area contributed by atoms with Crippen LogP contribution in [0.2, 0.25) is 0 Å². The molecule has 12 heavy (non-hydrogen) atoms. The van der Waals surface area contributed by atoms with Crippen molar-refractivity contribution in [1.82, 2.24) is 0 Å². The molecular formula is C11H14S. The topological polar surface area (TPSA) is 0 Å². The molecular weight excluding hydrogens is 164 g/mol. The van der Waals surface area contributed by atoms with Crippen LogP contribution < -0.4 is 0 Å². The molecule has 0 aromatic heterocycles. The Labute approximate surface area is 77.8 Å². The SMILES string of the molecule is C1=C[C@@H]2[C@H]3C[C@@H]3[C@@H]1[C@H]1CSC[C@@H]21. The molecule has 1 aliphatic heterocycles. The smallest absolute Gasteiger partial charge is 0.00301 e. The van der Waals surface area contributed by atoms with Crippen LogP contribution in [-0.2, 0) is 0 Å². The third-order valence-corrected chi connectivity index (χ3v) is 5.84. The molecule has 0 spiro atoms. The molecule has 6 atom stereocenters. The van der Waals surface area contributed by atoms with Gasteiger partial charge in [-0.25, -0.2) is 0 Å². The molecule has 0 aromatic carbocycles. The zero-order valence-corrected chi connectivity index (χ0v) is 7.96. The quantitative estimate of drug-likeness (QED) is 0.513. The van der Waals surface area contributed by atoms with Gasteiger partial charge in [-0.05, 0) is 53.4 Å². The largest absolute Gasteiger partial charge is 0.161 e. The lowest BCUT2D eigenvalue weighted by Gasteiger charge is -2.40. The van der Waals surface area contributed by atoms with E-state index < -0.39 is 0 Å². The van der Waals surface area contributed by atoms with Crippen molar-refractivity contribution in [2.45, 2.75) is 6.42 Å². The van der Waals surface area contributed by atoms with Gasteiger partial charge in [0.05, 0.1) is 0 Å². The normalized spacial score (nSPS) is 64.7. The van der Waals surface area contributed by atoms with Crippen LogP contribution in [0.3, 0.4) is 0 Å². The summed E-state index contributed by atoms with van der Waals surface area (Å²) < 4.78 is 0. The molecule has 0 N–H and O–H groups in total. The van der Waals surface area contributed by atoms with Crippen LogP contribution in [-0.4, -0.2) is 11.5 Å². The summed E-state index contributed by atoms with van der Waals surface area (Å²) in [6.07, 6.45) is 6.69. The summed E-state index contributed by atoms with van der Waals surface area (Å²) in [5.41, 5.74) is 0. The van der Waals surface area contributed by atoms with Crippen LogP contribution in [0.15, 0.2) is 12.2 Å². The van der Waals surface area contributed by atoms with E-state index in [9.17, 15) is 0 Å². The Bertz CT molecular complexity index is 234. The first-order valence-corrected chi connectivity index (χ1v) is 6.37. The predicted molar refractivity (Wildman–Crippen MR) is 52.0 cm³/mol. The van der Waals surface area contributed by atoms with Gasteiger partial charge in [-0.15, -0.1) is 0 Å². The second-order valence-electron chi connectivity index (χ2n) is 4.97. The Kier molecular flexibility index (Phi) is 1.06. The van der Waals surface area contributed by atoms with Gasteiger partial charge in [0.25, 0.3) is 0 Å². The van der Waals surface area contributed by atoms with Crippen LogP contribution >= 0.6 is 11.8 Å². The van der Waals surface area contributed by atoms with Crippen LogP contribution in [0.1, 0.15) is 6.42 Å². The highest BCUT2D eigenvalue weighted by atomic mass is 32.2. The van der Waals surface area contributed by atoms with Crippen LogP contribution in [0.25, 0.3) is 0 Å². The van der Waals surface area contributed by atoms with Crippen molar-refractivity contribution in [2.75, 3.05) is 11.5 Å². The summed E-state index contributed by atoms with van der Waals surface area (Å²) in [6.45, 7) is 0. The summed E-state index contributed by atoms with van der Waals surface area (Å²) in [5, 5.41) is 0. The van der Waals surface area contributed by atoms with E-state index in [0.29, 0.717) is 0 Å². The van der Waals surface area contributed by atoms with Crippen molar-refractivity contribution in [3.05, 3.63) is 12.2 Å². The minimum atomic E-state index is 1.01. The third kappa shape index (κ3) is 0.606. The summed E-state index contributed by atoms with van der Waals surface area (Å²) >= 11 is 2.21. The Morgan fingerprint density at radius 3 is 2.00 bits per heavy atom. The van der Waals surface area contributed by atoms with Crippen LogP contribution in [0, 0.1) is 35.5 Å². The first-order valence-electron chi connectivity index (χ1n) is 5.21. The number of hydrogen-bond donors (Lipinski definition) is 0. The van der Waals surface area contributed by atoms with Gasteiger partial charge in [0, 0.05) is 0 Å². The lowest BCUT2D eigenvalue weighted by Crippen LogP contribution is -2.37. The first kappa shape index (κ1) is 6.53. The molecule has 0 amide bonds. The number of thioether (sulfide) groups is 1. The molecule has 2 bridgehead atoms. The van der Waals surface area contributed by atoms with Crippen molar-refractivity contribution >= 4 is 11.8 Å². The molecule has 0 unspecified atom stereocenters. The van der Waals surface area contributed by atoms with E-state index >= 15 is 0 Å². The van der Waals surface area contributed by atoms with Crippen molar-refractivity contribution in [2.24, 2.45) is 35.5 Å². The fourth-order valence-corrected chi connectivity index (χ4v) is 5.58. The fourth-order valence-electron chi connectivity index (χ4n) is 3.96. The van der Waals surface area contributed by atoms with Gasteiger partial charge in [0.15, 0.2) is 0 Å². The minimum absolute atomic E-state index is 1.01. The summed E-state index contributed by atoms with van der Waals surface area (Å²) in [6, 6.07) is 0. The van der Waals surface area contributed by atoms with E-state index in [1.54, 1.807) is 6.42 Å². The number of allylic oxidation sites excluding steroid dienone is 2. The standard InChI is InChI=1S/C11H14S/c1-2-7-9-3-8(9)6(1)10-4-12-5-11(7)10/h1-2,6-11H,3-5H2/t6-,7-,8-,9-,10-,11+/m1/s1. The average Bonchev–Trinajstić information content (AvgIpc) is 2.77. The highest BCUT2D eigenvalue weighted by Crippen LogP contribution is 2.65. The molecule has 64 valence electrons. The Morgan fingerprint density at radius 1 is 0.833 bits per heavy atom. The zero-order chi connectivity index (χ0) is 7.71. The molecule has 1 heterocycles. The highest BCUT2D eigenvalue weighted by molar-refractivity contribution is 7.99. The molecule has 4 aliphatic carbocycles. The molecule has 1 saturated heterocycles. The molecule has 5 rings (SSSR count). The molecule has 0 nitrogen and oxygen atoms in total. The Balaban J connectivity index is 1.83. The second-order valence-corrected chi connectivity index (χ2v) is 6.04. The average molecular weight is 178 g/mol. The summed E-state index contributed by atoms with van der Waals surface area (Å²) in [7, 11) is 0. The van der Waals surface area contributed by atoms with Gasteiger partial charge < -0.3 is 0 Å². The van der Waals surface area contributed by atoms with E-state index in [2.05, 4.69) is 23.9 Å². The summed E-state index contributed by atoms with van der Waals surface area (Å²) in [5.74, 6) is 9.43. The van der Waals surface area contributed by atoms with E-state index in [1.165, 1.54) is 11.5 Å². The van der Waals surface area contributed by atoms with Crippen molar-refractivity contribution in [3.63, 3.8) is 0 Å². The number of hydrogen-bond acceptors (Lipinski definition) is 1. The Hall–Kier alpha value is 0.0900. The van der Waals surface area contributed by atoms with Gasteiger partial charge in [-0.2, -0.15) is 11.8 Å². The van der Waals surface area contributed by atoms with Gasteiger partial charge in [0.1, 0.15) is 0 Å². The van der Waals surface area contributed by atoms with E-state index in [1.807, 2.05) is 0 Å². The number of rotatable bonds is 0. The van der Waals surface area contributed by atoms with E-state index in [4.69, 9.17) is 0 Å².